The normalized spacial score (nSPS) is 10.1. The number of para-hydroxylation sites is 1. The van der Waals surface area contributed by atoms with E-state index in [2.05, 4.69) is 0 Å². The van der Waals surface area contributed by atoms with Crippen LogP contribution in [0.3, 0.4) is 0 Å². The highest BCUT2D eigenvalue weighted by molar-refractivity contribution is 5.42. The average molecular weight is 277 g/mol. The number of ether oxygens (including phenoxy) is 2. The van der Waals surface area contributed by atoms with E-state index in [-0.39, 0.29) is 18.0 Å². The van der Waals surface area contributed by atoms with Crippen molar-refractivity contribution in [3.8, 4) is 11.5 Å². The van der Waals surface area contributed by atoms with Gasteiger partial charge in [-0.2, -0.15) is 0 Å². The Labute approximate surface area is 114 Å². The fourth-order valence-corrected chi connectivity index (χ4v) is 1.67. The van der Waals surface area contributed by atoms with Gasteiger partial charge in [-0.15, -0.1) is 0 Å². The van der Waals surface area contributed by atoms with Gasteiger partial charge >= 0.3 is 0 Å². The predicted molar refractivity (Wildman–Crippen MR) is 70.4 cm³/mol. The van der Waals surface area contributed by atoms with E-state index in [0.29, 0.717) is 11.3 Å². The van der Waals surface area contributed by atoms with Gasteiger partial charge in [0.1, 0.15) is 12.4 Å². The summed E-state index contributed by atoms with van der Waals surface area (Å²) >= 11 is 0. The predicted octanol–water partition coefficient (Wildman–Crippen LogP) is 3.32. The molecule has 104 valence electrons. The van der Waals surface area contributed by atoms with Crippen LogP contribution in [0.15, 0.2) is 42.5 Å². The number of halogens is 1. The Balaban J connectivity index is 2.19. The number of rotatable bonds is 5. The highest BCUT2D eigenvalue weighted by atomic mass is 19.1. The molecule has 0 atom stereocenters. The van der Waals surface area contributed by atoms with Crippen molar-refractivity contribution in [1.29, 1.82) is 0 Å². The summed E-state index contributed by atoms with van der Waals surface area (Å²) in [4.78, 5) is 10.3. The zero-order chi connectivity index (χ0) is 14.5. The second-order valence-corrected chi connectivity index (χ2v) is 4.02. The number of hydrogen-bond acceptors (Lipinski definition) is 4. The molecule has 20 heavy (non-hydrogen) atoms. The molecule has 0 bridgehead atoms. The van der Waals surface area contributed by atoms with Crippen LogP contribution in [0, 0.1) is 15.9 Å². The van der Waals surface area contributed by atoms with Gasteiger partial charge < -0.3 is 9.47 Å². The van der Waals surface area contributed by atoms with E-state index < -0.39 is 10.7 Å². The van der Waals surface area contributed by atoms with Crippen molar-refractivity contribution in [2.45, 2.75) is 6.61 Å². The fourth-order valence-electron chi connectivity index (χ4n) is 1.67. The van der Waals surface area contributed by atoms with Crippen molar-refractivity contribution in [2.75, 3.05) is 7.11 Å². The first kappa shape index (κ1) is 13.8. The lowest BCUT2D eigenvalue weighted by molar-refractivity contribution is -0.385. The maximum atomic E-state index is 13.4. The van der Waals surface area contributed by atoms with E-state index in [9.17, 15) is 14.5 Å². The zero-order valence-electron chi connectivity index (χ0n) is 10.7. The number of benzene rings is 2. The molecule has 0 saturated carbocycles. The Bertz CT molecular complexity index is 630. The monoisotopic (exact) mass is 277 g/mol. The van der Waals surface area contributed by atoms with Crippen LogP contribution in [0.1, 0.15) is 5.56 Å². The molecule has 0 N–H and O–H groups in total. The van der Waals surface area contributed by atoms with Crippen LogP contribution in [0.5, 0.6) is 11.5 Å². The zero-order valence-corrected chi connectivity index (χ0v) is 10.7. The third-order valence-corrected chi connectivity index (χ3v) is 2.63. The molecule has 0 amide bonds. The second-order valence-electron chi connectivity index (χ2n) is 4.02. The molecule has 0 radical (unpaired) electrons. The maximum Gasteiger partial charge on any atom is 0.273 e. The number of nitro groups is 1. The number of nitro benzene ring substituents is 1. The minimum atomic E-state index is -0.519. The Morgan fingerprint density at radius 3 is 2.65 bits per heavy atom. The summed E-state index contributed by atoms with van der Waals surface area (Å²) in [6, 6.07) is 10.3. The van der Waals surface area contributed by atoms with Gasteiger partial charge in [0.25, 0.3) is 5.69 Å². The largest absolute Gasteiger partial charge is 0.496 e. The van der Waals surface area contributed by atoms with Gasteiger partial charge in [-0.25, -0.2) is 4.39 Å². The van der Waals surface area contributed by atoms with Crippen molar-refractivity contribution in [3.63, 3.8) is 0 Å². The molecular formula is C14H12FNO4. The number of nitrogens with zero attached hydrogens (tertiary/aromatic N) is 1. The van der Waals surface area contributed by atoms with Crippen LogP contribution in [0.25, 0.3) is 0 Å². The summed E-state index contributed by atoms with van der Waals surface area (Å²) in [6.07, 6.45) is 0. The number of hydrogen-bond donors (Lipinski definition) is 0. The van der Waals surface area contributed by atoms with E-state index in [1.807, 2.05) is 0 Å². The molecule has 2 aromatic carbocycles. The number of non-ortho nitro benzene ring substituents is 1. The van der Waals surface area contributed by atoms with Crippen molar-refractivity contribution < 1.29 is 18.8 Å². The topological polar surface area (TPSA) is 61.6 Å². The lowest BCUT2D eigenvalue weighted by atomic mass is 10.2. The van der Waals surface area contributed by atoms with Crippen LogP contribution in [-0.2, 0) is 6.61 Å². The summed E-state index contributed by atoms with van der Waals surface area (Å²) in [7, 11) is 1.42. The summed E-state index contributed by atoms with van der Waals surface area (Å²) in [5, 5.41) is 10.8. The number of methoxy groups -OCH3 is 1. The summed E-state index contributed by atoms with van der Waals surface area (Å²) in [5.41, 5.74) is 0.427. The molecule has 0 fully saturated rings. The third kappa shape index (κ3) is 3.23. The Kier molecular flexibility index (Phi) is 4.14. The van der Waals surface area contributed by atoms with Crippen LogP contribution in [0.2, 0.25) is 0 Å². The van der Waals surface area contributed by atoms with Crippen LogP contribution in [0.4, 0.5) is 10.1 Å². The highest BCUT2D eigenvalue weighted by Gasteiger charge is 2.11. The van der Waals surface area contributed by atoms with E-state index in [0.717, 1.165) is 0 Å². The average Bonchev–Trinajstić information content (AvgIpc) is 2.46. The first-order valence-electron chi connectivity index (χ1n) is 5.80. The minimum Gasteiger partial charge on any atom is -0.496 e. The van der Waals surface area contributed by atoms with Gasteiger partial charge in [-0.3, -0.25) is 10.1 Å². The molecule has 0 spiro atoms. The minimum absolute atomic E-state index is 0.0129. The van der Waals surface area contributed by atoms with Crippen molar-refractivity contribution in [2.24, 2.45) is 0 Å². The molecule has 2 rings (SSSR count). The summed E-state index contributed by atoms with van der Waals surface area (Å²) < 4.78 is 23.7. The van der Waals surface area contributed by atoms with E-state index in [1.54, 1.807) is 18.2 Å². The Hall–Kier alpha value is -2.63. The van der Waals surface area contributed by atoms with Crippen LogP contribution in [-0.4, -0.2) is 12.0 Å². The van der Waals surface area contributed by atoms with Gasteiger partial charge in [0.05, 0.1) is 18.1 Å². The Morgan fingerprint density at radius 2 is 2.00 bits per heavy atom. The highest BCUT2D eigenvalue weighted by Crippen LogP contribution is 2.24. The smallest absolute Gasteiger partial charge is 0.273 e. The molecule has 0 aliphatic carbocycles. The molecular weight excluding hydrogens is 265 g/mol. The molecule has 0 aliphatic heterocycles. The molecule has 2 aromatic rings. The van der Waals surface area contributed by atoms with Gasteiger partial charge in [0.2, 0.25) is 0 Å². The molecule has 0 heterocycles. The maximum absolute atomic E-state index is 13.4. The van der Waals surface area contributed by atoms with E-state index in [4.69, 9.17) is 9.47 Å². The lowest BCUT2D eigenvalue weighted by Gasteiger charge is -2.08. The fraction of sp³-hybridized carbons (Fsp3) is 0.143. The third-order valence-electron chi connectivity index (χ3n) is 2.63. The Morgan fingerprint density at radius 1 is 1.25 bits per heavy atom. The quantitative estimate of drug-likeness (QED) is 0.621. The lowest BCUT2D eigenvalue weighted by Crippen LogP contribution is -1.99. The first-order valence-corrected chi connectivity index (χ1v) is 5.80. The molecule has 6 heteroatoms. The molecule has 0 aromatic heterocycles. The SMILES string of the molecule is COc1cc(COc2ccccc2F)cc([N+](=O)[O-])c1. The van der Waals surface area contributed by atoms with Crippen LogP contribution >= 0.6 is 0 Å². The van der Waals surface area contributed by atoms with Crippen molar-refractivity contribution in [1.82, 2.24) is 0 Å². The van der Waals surface area contributed by atoms with Gasteiger partial charge in [-0.1, -0.05) is 12.1 Å². The standard InChI is InChI=1S/C14H12FNO4/c1-19-12-7-10(6-11(8-12)16(17)18)9-20-14-5-3-2-4-13(14)15/h2-8H,9H2,1H3. The first-order chi connectivity index (χ1) is 9.60. The van der Waals surface area contributed by atoms with Crippen molar-refractivity contribution >= 4 is 5.69 Å². The molecule has 5 nitrogen and oxygen atoms in total. The summed E-state index contributed by atoms with van der Waals surface area (Å²) in [6.45, 7) is 0.0129. The molecule has 0 saturated heterocycles. The van der Waals surface area contributed by atoms with E-state index >= 15 is 0 Å². The van der Waals surface area contributed by atoms with Gasteiger partial charge in [-0.05, 0) is 23.8 Å². The summed E-state index contributed by atoms with van der Waals surface area (Å²) in [5.74, 6) is -0.0331. The van der Waals surface area contributed by atoms with Crippen LogP contribution < -0.4 is 9.47 Å². The van der Waals surface area contributed by atoms with Gasteiger partial charge in [0, 0.05) is 6.07 Å². The molecule has 0 aliphatic rings. The van der Waals surface area contributed by atoms with E-state index in [1.165, 1.54) is 31.4 Å². The van der Waals surface area contributed by atoms with Gasteiger partial charge in [0.15, 0.2) is 11.6 Å². The second kappa shape index (κ2) is 6.01. The van der Waals surface area contributed by atoms with Crippen molar-refractivity contribution in [3.05, 3.63) is 64.0 Å². The molecule has 0 unspecified atom stereocenters.